The van der Waals surface area contributed by atoms with Gasteiger partial charge < -0.3 is 23.8 Å². The number of aryl methyl sites for hydroxylation is 1. The third kappa shape index (κ3) is 6.25. The normalized spacial score (nSPS) is 24.3. The topological polar surface area (TPSA) is 112 Å². The molecule has 2 rings (SSSR count). The molecular formula is C24H46N2O7Si2. The number of hydrogen-bond donors (Lipinski definition) is 2. The Morgan fingerprint density at radius 3 is 2.06 bits per heavy atom. The fourth-order valence-corrected chi connectivity index (χ4v) is 5.77. The number of aromatic nitrogens is 2. The summed E-state index contributed by atoms with van der Waals surface area (Å²) in [4.78, 5) is 25.8. The molecule has 0 saturated carbocycles. The van der Waals surface area contributed by atoms with Crippen LogP contribution in [0.25, 0.3) is 0 Å². The molecule has 2 N–H and O–H groups in total. The molecule has 202 valence electrons. The minimum absolute atomic E-state index is 0.0131. The van der Waals surface area contributed by atoms with E-state index in [-0.39, 0.29) is 29.8 Å². The van der Waals surface area contributed by atoms with E-state index in [4.69, 9.17) is 13.6 Å². The molecule has 9 nitrogen and oxygen atoms in total. The number of aliphatic hydroxyl groups excluding tert-OH is 2. The average Bonchev–Trinajstić information content (AvgIpc) is 3.00. The number of rotatable bonds is 8. The summed E-state index contributed by atoms with van der Waals surface area (Å²) in [6, 6.07) is 0. The molecule has 0 amide bonds. The van der Waals surface area contributed by atoms with Crippen molar-refractivity contribution in [2.45, 2.75) is 116 Å². The highest BCUT2D eigenvalue weighted by atomic mass is 28.4. The predicted octanol–water partition coefficient (Wildman–Crippen LogP) is 2.98. The van der Waals surface area contributed by atoms with Gasteiger partial charge in [0, 0.05) is 11.8 Å². The summed E-state index contributed by atoms with van der Waals surface area (Å²) in [5.41, 5.74) is -0.733. The Balaban J connectivity index is 2.53. The lowest BCUT2D eigenvalue weighted by Crippen LogP contribution is -2.51. The minimum Gasteiger partial charge on any atom is -0.414 e. The van der Waals surface area contributed by atoms with Gasteiger partial charge in [-0.25, -0.2) is 4.79 Å². The number of nitrogens with zero attached hydrogens (tertiary/aromatic N) is 2. The second-order valence-corrected chi connectivity index (χ2v) is 22.2. The van der Waals surface area contributed by atoms with E-state index in [0.29, 0.717) is 5.56 Å². The molecule has 35 heavy (non-hydrogen) atoms. The van der Waals surface area contributed by atoms with Crippen molar-refractivity contribution >= 4 is 16.6 Å². The van der Waals surface area contributed by atoms with Gasteiger partial charge in [-0.1, -0.05) is 41.5 Å². The van der Waals surface area contributed by atoms with Crippen LogP contribution in [0.4, 0.5) is 0 Å². The quantitative estimate of drug-likeness (QED) is 0.497. The predicted molar refractivity (Wildman–Crippen MR) is 142 cm³/mol. The van der Waals surface area contributed by atoms with E-state index in [9.17, 15) is 19.8 Å². The summed E-state index contributed by atoms with van der Waals surface area (Å²) in [6.07, 6.45) is -2.03. The van der Waals surface area contributed by atoms with Crippen molar-refractivity contribution in [1.82, 2.24) is 9.13 Å². The van der Waals surface area contributed by atoms with Crippen molar-refractivity contribution < 1.29 is 23.8 Å². The smallest absolute Gasteiger partial charge is 0.333 e. The monoisotopic (exact) mass is 530 g/mol. The third-order valence-corrected chi connectivity index (χ3v) is 16.9. The highest BCUT2D eigenvalue weighted by Crippen LogP contribution is 2.42. The van der Waals surface area contributed by atoms with Crippen LogP contribution in [0, 0.1) is 6.92 Å². The molecule has 4 atom stereocenters. The molecule has 0 aliphatic carbocycles. The first-order chi connectivity index (χ1) is 15.7. The van der Waals surface area contributed by atoms with E-state index in [1.165, 1.54) is 10.8 Å². The van der Waals surface area contributed by atoms with Gasteiger partial charge in [0.25, 0.3) is 5.56 Å². The fourth-order valence-electron chi connectivity index (χ4n) is 3.47. The molecule has 1 fully saturated rings. The van der Waals surface area contributed by atoms with Crippen LogP contribution in [0.2, 0.25) is 36.3 Å². The molecule has 0 bridgehead atoms. The zero-order chi connectivity index (χ0) is 27.1. The summed E-state index contributed by atoms with van der Waals surface area (Å²) >= 11 is 0. The Bertz CT molecular complexity index is 1010. The van der Waals surface area contributed by atoms with Crippen molar-refractivity contribution in [2.24, 2.45) is 0 Å². The van der Waals surface area contributed by atoms with Crippen LogP contribution < -0.4 is 11.2 Å². The van der Waals surface area contributed by atoms with Crippen molar-refractivity contribution in [3.63, 3.8) is 0 Å². The Morgan fingerprint density at radius 2 is 1.57 bits per heavy atom. The van der Waals surface area contributed by atoms with E-state index in [2.05, 4.69) is 67.7 Å². The van der Waals surface area contributed by atoms with Crippen LogP contribution in [-0.2, 0) is 20.1 Å². The van der Waals surface area contributed by atoms with Crippen LogP contribution in [0.15, 0.2) is 15.8 Å². The lowest BCUT2D eigenvalue weighted by Gasteiger charge is -2.40. The molecule has 1 aromatic heterocycles. The largest absolute Gasteiger partial charge is 0.414 e. The van der Waals surface area contributed by atoms with Gasteiger partial charge in [-0.3, -0.25) is 13.9 Å². The maximum atomic E-state index is 13.3. The van der Waals surface area contributed by atoms with Crippen LogP contribution in [-0.4, -0.2) is 67.5 Å². The van der Waals surface area contributed by atoms with Crippen molar-refractivity contribution in [2.75, 3.05) is 13.2 Å². The van der Waals surface area contributed by atoms with Crippen molar-refractivity contribution in [3.05, 3.63) is 32.6 Å². The number of aliphatic hydroxyl groups is 2. The molecule has 0 unspecified atom stereocenters. The van der Waals surface area contributed by atoms with Gasteiger partial charge in [-0.05, 0) is 43.2 Å². The van der Waals surface area contributed by atoms with E-state index < -0.39 is 52.4 Å². The summed E-state index contributed by atoms with van der Waals surface area (Å²) in [5, 5.41) is 20.6. The van der Waals surface area contributed by atoms with E-state index in [1.807, 2.05) is 0 Å². The first-order valence-corrected chi connectivity index (χ1v) is 18.2. The average molecular weight is 531 g/mol. The molecule has 11 heteroatoms. The fraction of sp³-hybridized carbons (Fsp3) is 0.833. The lowest BCUT2D eigenvalue weighted by molar-refractivity contribution is -0.0521. The standard InChI is InChI=1S/C24H46N2O7Si2/c1-16-14-26(22(30)25(12-13-27)20(16)29)21-19(33-35(10,11)24(5,6)7)18(28)17(32-21)15-31-34(8,9)23(2,3)4/h14,17-19,21,27-28H,12-13,15H2,1-11H3/t17-,18-,19-,21-/m1/s1. The summed E-state index contributed by atoms with van der Waals surface area (Å²) in [6.45, 7) is 22.5. The zero-order valence-corrected chi connectivity index (χ0v) is 25.3. The zero-order valence-electron chi connectivity index (χ0n) is 23.3. The molecule has 2 heterocycles. The van der Waals surface area contributed by atoms with Crippen LogP contribution in [0.5, 0.6) is 0 Å². The molecule has 1 saturated heterocycles. The van der Waals surface area contributed by atoms with Crippen molar-refractivity contribution in [1.29, 1.82) is 0 Å². The Labute approximate surface area is 211 Å². The maximum Gasteiger partial charge on any atom is 0.333 e. The lowest BCUT2D eigenvalue weighted by atomic mass is 10.1. The highest BCUT2D eigenvalue weighted by Gasteiger charge is 2.51. The SMILES string of the molecule is Cc1cn([C@@H]2O[C@H](CO[Si](C)(C)C(C)(C)C)[C@@H](O)[C@H]2O[Si](C)(C)C(C)(C)C)c(=O)n(CCO)c1=O. The van der Waals surface area contributed by atoms with Gasteiger partial charge in [-0.15, -0.1) is 0 Å². The molecule has 0 aromatic carbocycles. The first-order valence-electron chi connectivity index (χ1n) is 12.3. The van der Waals surface area contributed by atoms with Gasteiger partial charge in [0.2, 0.25) is 0 Å². The van der Waals surface area contributed by atoms with E-state index in [0.717, 1.165) is 4.57 Å². The van der Waals surface area contributed by atoms with Gasteiger partial charge in [0.15, 0.2) is 22.9 Å². The Morgan fingerprint density at radius 1 is 1.03 bits per heavy atom. The van der Waals surface area contributed by atoms with Gasteiger partial charge >= 0.3 is 5.69 Å². The van der Waals surface area contributed by atoms with Crippen LogP contribution in [0.3, 0.4) is 0 Å². The summed E-state index contributed by atoms with van der Waals surface area (Å²) in [7, 11) is -4.49. The second kappa shape index (κ2) is 10.3. The molecule has 0 radical (unpaired) electrons. The first kappa shape index (κ1) is 30.1. The second-order valence-electron chi connectivity index (χ2n) is 12.7. The van der Waals surface area contributed by atoms with Crippen molar-refractivity contribution in [3.8, 4) is 0 Å². The van der Waals surface area contributed by atoms with E-state index >= 15 is 0 Å². The molecule has 1 aliphatic rings. The van der Waals surface area contributed by atoms with Gasteiger partial charge in [0.1, 0.15) is 18.3 Å². The summed E-state index contributed by atoms with van der Waals surface area (Å²) < 4.78 is 21.6. The van der Waals surface area contributed by atoms with Crippen LogP contribution >= 0.6 is 0 Å². The molecule has 1 aliphatic heterocycles. The number of ether oxygens (including phenoxy) is 1. The maximum absolute atomic E-state index is 13.3. The molecule has 1 aromatic rings. The highest BCUT2D eigenvalue weighted by molar-refractivity contribution is 6.74. The molecular weight excluding hydrogens is 484 g/mol. The minimum atomic E-state index is -2.37. The Hall–Kier alpha value is -1.09. The Kier molecular flexibility index (Phi) is 8.91. The van der Waals surface area contributed by atoms with Crippen LogP contribution in [0.1, 0.15) is 53.3 Å². The van der Waals surface area contributed by atoms with Gasteiger partial charge in [0.05, 0.1) is 19.8 Å². The summed E-state index contributed by atoms with van der Waals surface area (Å²) in [5.74, 6) is 0. The number of hydrogen-bond acceptors (Lipinski definition) is 7. The van der Waals surface area contributed by atoms with E-state index in [1.54, 1.807) is 6.92 Å². The van der Waals surface area contributed by atoms with Gasteiger partial charge in [-0.2, -0.15) is 0 Å². The third-order valence-electron chi connectivity index (χ3n) is 7.93. The molecule has 0 spiro atoms.